The highest BCUT2D eigenvalue weighted by atomic mass is 16.5. The molecule has 0 heterocycles. The van der Waals surface area contributed by atoms with E-state index >= 15 is 0 Å². The van der Waals surface area contributed by atoms with Crippen molar-refractivity contribution in [2.24, 2.45) is 5.41 Å². The van der Waals surface area contributed by atoms with Gasteiger partial charge in [-0.3, -0.25) is 0 Å². The van der Waals surface area contributed by atoms with E-state index in [1.54, 1.807) is 0 Å². The van der Waals surface area contributed by atoms with Crippen molar-refractivity contribution in [2.75, 3.05) is 26.7 Å². The van der Waals surface area contributed by atoms with Crippen LogP contribution in [0.2, 0.25) is 0 Å². The molecule has 0 saturated heterocycles. The second-order valence-corrected chi connectivity index (χ2v) is 5.32. The average molecular weight is 228 g/mol. The summed E-state index contributed by atoms with van der Waals surface area (Å²) in [6.07, 6.45) is 4.14. The number of unbranched alkanes of at least 4 members (excludes halogenated alkanes) is 1. The van der Waals surface area contributed by atoms with Gasteiger partial charge in [0.25, 0.3) is 0 Å². The lowest BCUT2D eigenvalue weighted by Gasteiger charge is -2.52. The van der Waals surface area contributed by atoms with Crippen LogP contribution in [0.15, 0.2) is 0 Å². The second-order valence-electron chi connectivity index (χ2n) is 5.32. The van der Waals surface area contributed by atoms with E-state index < -0.39 is 0 Å². The predicted molar refractivity (Wildman–Crippen MR) is 68.8 cm³/mol. The Labute approximate surface area is 100 Å². The van der Waals surface area contributed by atoms with Crippen molar-refractivity contribution in [3.05, 3.63) is 0 Å². The van der Waals surface area contributed by atoms with E-state index in [9.17, 15) is 0 Å². The Hall–Kier alpha value is -0.120. The molecule has 96 valence electrons. The third-order valence-electron chi connectivity index (χ3n) is 3.79. The Balaban J connectivity index is 2.11. The van der Waals surface area contributed by atoms with Crippen molar-refractivity contribution in [2.45, 2.75) is 52.2 Å². The first-order chi connectivity index (χ1) is 7.62. The molecule has 3 heteroatoms. The van der Waals surface area contributed by atoms with Crippen molar-refractivity contribution >= 4 is 0 Å². The topological polar surface area (TPSA) is 33.3 Å². The molecule has 0 radical (unpaired) electrons. The van der Waals surface area contributed by atoms with Crippen LogP contribution >= 0.6 is 0 Å². The molecule has 0 aromatic heterocycles. The number of nitrogens with one attached hydrogen (secondary N) is 2. The summed E-state index contributed by atoms with van der Waals surface area (Å²) in [5, 5.41) is 6.82. The fraction of sp³-hybridized carbons (Fsp3) is 1.00. The number of rotatable bonds is 8. The lowest BCUT2D eigenvalue weighted by atomic mass is 9.64. The summed E-state index contributed by atoms with van der Waals surface area (Å²) >= 11 is 0. The molecule has 1 aliphatic rings. The van der Waals surface area contributed by atoms with Gasteiger partial charge in [0.1, 0.15) is 0 Å². The summed E-state index contributed by atoms with van der Waals surface area (Å²) in [5.74, 6) is 0. The molecule has 2 N–H and O–H groups in total. The van der Waals surface area contributed by atoms with Crippen LogP contribution in [0, 0.1) is 5.41 Å². The molecule has 1 saturated carbocycles. The van der Waals surface area contributed by atoms with Crippen molar-refractivity contribution in [3.8, 4) is 0 Å². The zero-order valence-electron chi connectivity index (χ0n) is 11.3. The van der Waals surface area contributed by atoms with Gasteiger partial charge in [-0.2, -0.15) is 0 Å². The summed E-state index contributed by atoms with van der Waals surface area (Å²) in [7, 11) is 2.01. The SMILES string of the molecule is CCOC1CC(NCCCCNC)C1(C)C. The molecule has 2 atom stereocenters. The molecule has 1 rings (SSSR count). The van der Waals surface area contributed by atoms with Gasteiger partial charge in [0, 0.05) is 18.1 Å². The van der Waals surface area contributed by atoms with Crippen LogP contribution in [-0.4, -0.2) is 38.9 Å². The van der Waals surface area contributed by atoms with Crippen molar-refractivity contribution in [3.63, 3.8) is 0 Å². The van der Waals surface area contributed by atoms with Gasteiger partial charge in [-0.15, -0.1) is 0 Å². The third kappa shape index (κ3) is 3.44. The van der Waals surface area contributed by atoms with Crippen LogP contribution in [0.4, 0.5) is 0 Å². The van der Waals surface area contributed by atoms with Gasteiger partial charge >= 0.3 is 0 Å². The zero-order chi connectivity index (χ0) is 12.0. The van der Waals surface area contributed by atoms with Gasteiger partial charge in [0.05, 0.1) is 6.10 Å². The molecule has 0 spiro atoms. The molecule has 16 heavy (non-hydrogen) atoms. The molecule has 2 unspecified atom stereocenters. The molecular formula is C13H28N2O. The quantitative estimate of drug-likeness (QED) is 0.621. The smallest absolute Gasteiger partial charge is 0.0655 e. The normalized spacial score (nSPS) is 27.8. The third-order valence-corrected chi connectivity index (χ3v) is 3.79. The summed E-state index contributed by atoms with van der Waals surface area (Å²) in [6.45, 7) is 9.79. The van der Waals surface area contributed by atoms with Gasteiger partial charge < -0.3 is 15.4 Å². The summed E-state index contributed by atoms with van der Waals surface area (Å²) in [5.41, 5.74) is 0.305. The van der Waals surface area contributed by atoms with Crippen LogP contribution < -0.4 is 10.6 Å². The van der Waals surface area contributed by atoms with Crippen molar-refractivity contribution < 1.29 is 4.74 Å². The van der Waals surface area contributed by atoms with E-state index in [-0.39, 0.29) is 0 Å². The fourth-order valence-corrected chi connectivity index (χ4v) is 2.42. The van der Waals surface area contributed by atoms with E-state index in [1.165, 1.54) is 19.3 Å². The van der Waals surface area contributed by atoms with Crippen LogP contribution in [0.3, 0.4) is 0 Å². The highest BCUT2D eigenvalue weighted by Crippen LogP contribution is 2.42. The van der Waals surface area contributed by atoms with Crippen LogP contribution in [0.1, 0.15) is 40.0 Å². The predicted octanol–water partition coefficient (Wildman–Crippen LogP) is 1.78. The van der Waals surface area contributed by atoms with E-state index in [2.05, 4.69) is 31.4 Å². The first-order valence-corrected chi connectivity index (χ1v) is 6.62. The van der Waals surface area contributed by atoms with Gasteiger partial charge in [-0.05, 0) is 46.3 Å². The number of hydrogen-bond donors (Lipinski definition) is 2. The van der Waals surface area contributed by atoms with E-state index in [4.69, 9.17) is 4.74 Å². The minimum Gasteiger partial charge on any atom is -0.378 e. The average Bonchev–Trinajstić information content (AvgIpc) is 2.26. The largest absolute Gasteiger partial charge is 0.378 e. The standard InChI is InChI=1S/C13H28N2O/c1-5-16-12-10-11(13(12,2)3)15-9-7-6-8-14-4/h11-12,14-15H,5-10H2,1-4H3. The maximum Gasteiger partial charge on any atom is 0.0655 e. The Morgan fingerprint density at radius 2 is 1.94 bits per heavy atom. The van der Waals surface area contributed by atoms with E-state index in [1.807, 2.05) is 7.05 Å². The number of ether oxygens (including phenoxy) is 1. The molecule has 0 aliphatic heterocycles. The minimum atomic E-state index is 0.305. The van der Waals surface area contributed by atoms with Crippen molar-refractivity contribution in [1.29, 1.82) is 0 Å². The molecule has 3 nitrogen and oxygen atoms in total. The molecule has 1 aliphatic carbocycles. The summed E-state index contributed by atoms with van der Waals surface area (Å²) < 4.78 is 5.72. The first kappa shape index (κ1) is 13.9. The maximum absolute atomic E-state index is 5.72. The maximum atomic E-state index is 5.72. The molecule has 0 bridgehead atoms. The monoisotopic (exact) mass is 228 g/mol. The first-order valence-electron chi connectivity index (χ1n) is 6.62. The van der Waals surface area contributed by atoms with Crippen LogP contribution in [-0.2, 0) is 4.74 Å². The second kappa shape index (κ2) is 6.58. The molecule has 1 fully saturated rings. The van der Waals surface area contributed by atoms with Gasteiger partial charge in [0.2, 0.25) is 0 Å². The summed E-state index contributed by atoms with van der Waals surface area (Å²) in [4.78, 5) is 0. The highest BCUT2D eigenvalue weighted by Gasteiger charge is 2.48. The van der Waals surface area contributed by atoms with Gasteiger partial charge in [-0.25, -0.2) is 0 Å². The zero-order valence-corrected chi connectivity index (χ0v) is 11.3. The Morgan fingerprint density at radius 3 is 2.50 bits per heavy atom. The van der Waals surface area contributed by atoms with Crippen LogP contribution in [0.5, 0.6) is 0 Å². The Bertz CT molecular complexity index is 194. The van der Waals surface area contributed by atoms with Gasteiger partial charge in [0.15, 0.2) is 0 Å². The Morgan fingerprint density at radius 1 is 1.25 bits per heavy atom. The van der Waals surface area contributed by atoms with Crippen LogP contribution in [0.25, 0.3) is 0 Å². The van der Waals surface area contributed by atoms with E-state index in [0.29, 0.717) is 17.6 Å². The molecule has 0 aromatic rings. The van der Waals surface area contributed by atoms with Crippen molar-refractivity contribution in [1.82, 2.24) is 10.6 Å². The number of hydrogen-bond acceptors (Lipinski definition) is 3. The lowest BCUT2D eigenvalue weighted by Crippen LogP contribution is -2.61. The Kier molecular flexibility index (Phi) is 5.73. The molecule has 0 amide bonds. The summed E-state index contributed by atoms with van der Waals surface area (Å²) in [6, 6.07) is 0.638. The molecule has 0 aromatic carbocycles. The molecular weight excluding hydrogens is 200 g/mol. The highest BCUT2D eigenvalue weighted by molar-refractivity contribution is 5.02. The lowest BCUT2D eigenvalue weighted by molar-refractivity contribution is -0.113. The van der Waals surface area contributed by atoms with Gasteiger partial charge in [-0.1, -0.05) is 13.8 Å². The fourth-order valence-electron chi connectivity index (χ4n) is 2.42. The van der Waals surface area contributed by atoms with E-state index in [0.717, 1.165) is 19.7 Å². The minimum absolute atomic E-state index is 0.305.